The molecule has 0 saturated carbocycles. The van der Waals surface area contributed by atoms with Crippen molar-refractivity contribution in [2.45, 2.75) is 6.54 Å². The summed E-state index contributed by atoms with van der Waals surface area (Å²) < 4.78 is 15.7. The van der Waals surface area contributed by atoms with Crippen molar-refractivity contribution in [3.05, 3.63) is 70.8 Å². The first kappa shape index (κ1) is 13.0. The van der Waals surface area contributed by atoms with E-state index < -0.39 is 0 Å². The van der Waals surface area contributed by atoms with Gasteiger partial charge in [0.15, 0.2) is 5.82 Å². The van der Waals surface area contributed by atoms with Gasteiger partial charge in [-0.05, 0) is 45.8 Å². The van der Waals surface area contributed by atoms with Crippen LogP contribution in [-0.4, -0.2) is 14.5 Å². The molecular formula is C15H11BrFN3. The number of imidazole rings is 1. The van der Waals surface area contributed by atoms with E-state index in [1.165, 1.54) is 6.07 Å². The van der Waals surface area contributed by atoms with Crippen LogP contribution in [0.4, 0.5) is 4.39 Å². The van der Waals surface area contributed by atoms with E-state index in [4.69, 9.17) is 0 Å². The van der Waals surface area contributed by atoms with E-state index in [1.54, 1.807) is 24.5 Å². The van der Waals surface area contributed by atoms with Gasteiger partial charge >= 0.3 is 0 Å². The lowest BCUT2D eigenvalue weighted by Gasteiger charge is -2.08. The van der Waals surface area contributed by atoms with Gasteiger partial charge in [-0.25, -0.2) is 9.37 Å². The van der Waals surface area contributed by atoms with E-state index in [0.717, 1.165) is 17.1 Å². The topological polar surface area (TPSA) is 30.7 Å². The van der Waals surface area contributed by atoms with Crippen molar-refractivity contribution >= 4 is 15.9 Å². The lowest BCUT2D eigenvalue weighted by atomic mass is 10.2. The molecule has 3 nitrogen and oxygen atoms in total. The molecule has 2 aromatic heterocycles. The van der Waals surface area contributed by atoms with Gasteiger partial charge in [0.2, 0.25) is 0 Å². The van der Waals surface area contributed by atoms with Crippen molar-refractivity contribution < 1.29 is 4.39 Å². The van der Waals surface area contributed by atoms with E-state index in [0.29, 0.717) is 11.0 Å². The van der Waals surface area contributed by atoms with Gasteiger partial charge in [0, 0.05) is 25.1 Å². The highest BCUT2D eigenvalue weighted by Crippen LogP contribution is 2.20. The van der Waals surface area contributed by atoms with E-state index in [9.17, 15) is 4.39 Å². The Hall–Kier alpha value is -2.01. The minimum absolute atomic E-state index is 0.260. The molecule has 3 rings (SSSR count). The normalized spacial score (nSPS) is 10.7. The molecule has 0 N–H and O–H groups in total. The third-order valence-electron chi connectivity index (χ3n) is 2.95. The van der Waals surface area contributed by atoms with Crippen LogP contribution in [0, 0.1) is 5.82 Å². The Morgan fingerprint density at radius 1 is 1.10 bits per heavy atom. The first-order chi connectivity index (χ1) is 9.74. The number of benzene rings is 1. The molecule has 0 saturated heterocycles. The highest BCUT2D eigenvalue weighted by molar-refractivity contribution is 9.10. The Bertz CT molecular complexity index is 725. The van der Waals surface area contributed by atoms with Crippen molar-refractivity contribution in [3.8, 4) is 11.5 Å². The number of pyridine rings is 1. The lowest BCUT2D eigenvalue weighted by Crippen LogP contribution is -2.02. The SMILES string of the molecule is Fc1ccc(Cn2ccnc2-c2ccccn2)cc1Br. The molecule has 0 unspecified atom stereocenters. The molecule has 0 aliphatic carbocycles. The second-order valence-corrected chi connectivity index (χ2v) is 5.20. The zero-order valence-electron chi connectivity index (χ0n) is 10.5. The summed E-state index contributed by atoms with van der Waals surface area (Å²) in [5.74, 6) is 0.537. The Morgan fingerprint density at radius 3 is 2.75 bits per heavy atom. The summed E-state index contributed by atoms with van der Waals surface area (Å²) in [7, 11) is 0. The van der Waals surface area contributed by atoms with Gasteiger partial charge in [-0.2, -0.15) is 0 Å². The van der Waals surface area contributed by atoms with E-state index in [1.807, 2.05) is 29.0 Å². The minimum atomic E-state index is -0.260. The van der Waals surface area contributed by atoms with Crippen molar-refractivity contribution in [2.75, 3.05) is 0 Å². The van der Waals surface area contributed by atoms with E-state index in [-0.39, 0.29) is 5.82 Å². The molecule has 1 aromatic carbocycles. The van der Waals surface area contributed by atoms with Crippen LogP contribution < -0.4 is 0 Å². The lowest BCUT2D eigenvalue weighted by molar-refractivity contribution is 0.619. The highest BCUT2D eigenvalue weighted by atomic mass is 79.9. The summed E-state index contributed by atoms with van der Waals surface area (Å²) >= 11 is 3.20. The van der Waals surface area contributed by atoms with Gasteiger partial charge in [-0.3, -0.25) is 4.98 Å². The molecule has 0 bridgehead atoms. The summed E-state index contributed by atoms with van der Waals surface area (Å²) in [4.78, 5) is 8.64. The van der Waals surface area contributed by atoms with Crippen LogP contribution in [0.2, 0.25) is 0 Å². The first-order valence-electron chi connectivity index (χ1n) is 6.10. The summed E-state index contributed by atoms with van der Waals surface area (Å²) in [5, 5.41) is 0. The van der Waals surface area contributed by atoms with Crippen LogP contribution in [0.1, 0.15) is 5.56 Å². The zero-order valence-corrected chi connectivity index (χ0v) is 12.1. The molecule has 0 aliphatic heterocycles. The predicted molar refractivity (Wildman–Crippen MR) is 78.7 cm³/mol. The molecule has 0 radical (unpaired) electrons. The van der Waals surface area contributed by atoms with Gasteiger partial charge < -0.3 is 4.57 Å². The van der Waals surface area contributed by atoms with Crippen molar-refractivity contribution in [2.24, 2.45) is 0 Å². The van der Waals surface area contributed by atoms with Crippen molar-refractivity contribution in [1.29, 1.82) is 0 Å². The molecule has 0 aliphatic rings. The largest absolute Gasteiger partial charge is 0.325 e. The molecule has 0 atom stereocenters. The van der Waals surface area contributed by atoms with Crippen LogP contribution in [0.15, 0.2) is 59.5 Å². The molecule has 3 aromatic rings. The Labute approximate surface area is 124 Å². The fourth-order valence-electron chi connectivity index (χ4n) is 2.00. The number of halogens is 2. The first-order valence-corrected chi connectivity index (χ1v) is 6.90. The molecule has 2 heterocycles. The standard InChI is InChI=1S/C15H11BrFN3/c16-12-9-11(4-5-13(12)17)10-20-8-7-19-15(20)14-3-1-2-6-18-14/h1-9H,10H2. The van der Waals surface area contributed by atoms with Crippen LogP contribution in [-0.2, 0) is 6.54 Å². The third kappa shape index (κ3) is 2.63. The van der Waals surface area contributed by atoms with E-state index >= 15 is 0 Å². The zero-order chi connectivity index (χ0) is 13.9. The smallest absolute Gasteiger partial charge is 0.158 e. The molecule has 100 valence electrons. The van der Waals surface area contributed by atoms with Crippen molar-refractivity contribution in [3.63, 3.8) is 0 Å². The highest BCUT2D eigenvalue weighted by Gasteiger charge is 2.08. The monoisotopic (exact) mass is 331 g/mol. The Kier molecular flexibility index (Phi) is 3.60. The van der Waals surface area contributed by atoms with Gasteiger partial charge in [0.1, 0.15) is 11.5 Å². The molecule has 0 fully saturated rings. The molecule has 0 spiro atoms. The summed E-state index contributed by atoms with van der Waals surface area (Å²) in [5.41, 5.74) is 1.81. The second kappa shape index (κ2) is 5.54. The van der Waals surface area contributed by atoms with Crippen LogP contribution >= 0.6 is 15.9 Å². The predicted octanol–water partition coefficient (Wildman–Crippen LogP) is 3.90. The number of hydrogen-bond acceptors (Lipinski definition) is 2. The van der Waals surface area contributed by atoms with Gasteiger partial charge in [-0.1, -0.05) is 12.1 Å². The van der Waals surface area contributed by atoms with Gasteiger partial charge in [0.05, 0.1) is 4.47 Å². The average molecular weight is 332 g/mol. The maximum Gasteiger partial charge on any atom is 0.158 e. The third-order valence-corrected chi connectivity index (χ3v) is 3.55. The second-order valence-electron chi connectivity index (χ2n) is 4.34. The van der Waals surface area contributed by atoms with E-state index in [2.05, 4.69) is 25.9 Å². The average Bonchev–Trinajstić information content (AvgIpc) is 2.92. The minimum Gasteiger partial charge on any atom is -0.325 e. The van der Waals surface area contributed by atoms with Crippen LogP contribution in [0.25, 0.3) is 11.5 Å². The summed E-state index contributed by atoms with van der Waals surface area (Å²) in [6.45, 7) is 0.616. The maximum absolute atomic E-state index is 13.2. The van der Waals surface area contributed by atoms with Crippen molar-refractivity contribution in [1.82, 2.24) is 14.5 Å². The van der Waals surface area contributed by atoms with Gasteiger partial charge in [0.25, 0.3) is 0 Å². The Morgan fingerprint density at radius 2 is 2.00 bits per heavy atom. The van der Waals surface area contributed by atoms with Crippen LogP contribution in [0.3, 0.4) is 0 Å². The Balaban J connectivity index is 1.92. The maximum atomic E-state index is 13.2. The summed E-state index contributed by atoms with van der Waals surface area (Å²) in [6.07, 6.45) is 5.37. The fourth-order valence-corrected chi connectivity index (χ4v) is 2.43. The molecule has 5 heteroatoms. The number of nitrogens with zero attached hydrogens (tertiary/aromatic N) is 3. The van der Waals surface area contributed by atoms with Gasteiger partial charge in [-0.15, -0.1) is 0 Å². The van der Waals surface area contributed by atoms with Crippen LogP contribution in [0.5, 0.6) is 0 Å². The molecule has 20 heavy (non-hydrogen) atoms. The quantitative estimate of drug-likeness (QED) is 0.728. The summed E-state index contributed by atoms with van der Waals surface area (Å²) in [6, 6.07) is 10.7. The number of rotatable bonds is 3. The fraction of sp³-hybridized carbons (Fsp3) is 0.0667. The molecule has 0 amide bonds. The number of hydrogen-bond donors (Lipinski definition) is 0. The number of aromatic nitrogens is 3. The molecular weight excluding hydrogens is 321 g/mol.